The summed E-state index contributed by atoms with van der Waals surface area (Å²) < 4.78 is 4.57. The highest BCUT2D eigenvalue weighted by Gasteiger charge is 2.01. The summed E-state index contributed by atoms with van der Waals surface area (Å²) >= 11 is 1.47. The lowest BCUT2D eigenvalue weighted by atomic mass is 10.5. The van der Waals surface area contributed by atoms with Gasteiger partial charge in [0.15, 0.2) is 0 Å². The van der Waals surface area contributed by atoms with E-state index in [2.05, 4.69) is 15.0 Å². The summed E-state index contributed by atoms with van der Waals surface area (Å²) in [7, 11) is 0. The number of rotatable bonds is 4. The van der Waals surface area contributed by atoms with Crippen molar-refractivity contribution in [2.24, 2.45) is 0 Å². The Labute approximate surface area is 79.4 Å². The number of hydrogen-bond acceptors (Lipinski definition) is 5. The minimum atomic E-state index is -0.540. The molecule has 1 amide bonds. The molecule has 13 heavy (non-hydrogen) atoms. The van der Waals surface area contributed by atoms with E-state index in [1.54, 1.807) is 5.51 Å². The van der Waals surface area contributed by atoms with Crippen molar-refractivity contribution in [2.75, 3.05) is 13.2 Å². The molecule has 2 N–H and O–H groups in total. The van der Waals surface area contributed by atoms with Crippen molar-refractivity contribution in [3.63, 3.8) is 0 Å². The summed E-state index contributed by atoms with van der Waals surface area (Å²) in [6.45, 7) is 0.209. The zero-order valence-corrected chi connectivity index (χ0v) is 7.71. The van der Waals surface area contributed by atoms with E-state index in [-0.39, 0.29) is 13.2 Å². The number of hydrogen-bond donors (Lipinski definition) is 2. The summed E-state index contributed by atoms with van der Waals surface area (Å²) in [6, 6.07) is 0. The maximum atomic E-state index is 10.8. The van der Waals surface area contributed by atoms with Gasteiger partial charge in [-0.2, -0.15) is 0 Å². The van der Waals surface area contributed by atoms with Gasteiger partial charge >= 0.3 is 6.09 Å². The standard InChI is InChI=1S/C7H10N2O3S/c10-1-2-12-7(11)8-3-6-4-13-5-9-6/h4-5,10H,1-3H2,(H,8,11). The van der Waals surface area contributed by atoms with Gasteiger partial charge in [-0.25, -0.2) is 9.78 Å². The number of carbonyl (C=O) groups is 1. The third-order valence-electron chi connectivity index (χ3n) is 1.22. The lowest BCUT2D eigenvalue weighted by molar-refractivity contribution is 0.118. The van der Waals surface area contributed by atoms with Gasteiger partial charge in [-0.3, -0.25) is 0 Å². The predicted octanol–water partition coefficient (Wildman–Crippen LogP) is 0.362. The lowest BCUT2D eigenvalue weighted by Gasteiger charge is -2.03. The smallest absolute Gasteiger partial charge is 0.407 e. The number of amides is 1. The number of thiazole rings is 1. The summed E-state index contributed by atoms with van der Waals surface area (Å²) in [4.78, 5) is 14.8. The van der Waals surface area contributed by atoms with E-state index in [9.17, 15) is 4.79 Å². The average molecular weight is 202 g/mol. The highest BCUT2D eigenvalue weighted by atomic mass is 32.1. The van der Waals surface area contributed by atoms with Crippen molar-refractivity contribution in [2.45, 2.75) is 6.54 Å². The Morgan fingerprint density at radius 3 is 3.23 bits per heavy atom. The van der Waals surface area contributed by atoms with E-state index >= 15 is 0 Å². The van der Waals surface area contributed by atoms with Crippen LogP contribution in [0.3, 0.4) is 0 Å². The van der Waals surface area contributed by atoms with Gasteiger partial charge in [-0.1, -0.05) is 0 Å². The Morgan fingerprint density at radius 1 is 1.77 bits per heavy atom. The fraction of sp³-hybridized carbons (Fsp3) is 0.429. The average Bonchev–Trinajstić information content (AvgIpc) is 2.64. The minimum Gasteiger partial charge on any atom is -0.447 e. The van der Waals surface area contributed by atoms with Gasteiger partial charge < -0.3 is 15.2 Å². The minimum absolute atomic E-state index is 0.0168. The molecule has 0 radical (unpaired) electrons. The van der Waals surface area contributed by atoms with Gasteiger partial charge in [0, 0.05) is 5.38 Å². The monoisotopic (exact) mass is 202 g/mol. The third-order valence-corrected chi connectivity index (χ3v) is 1.86. The summed E-state index contributed by atoms with van der Waals surface area (Å²) in [6.07, 6.45) is -0.540. The van der Waals surface area contributed by atoms with Gasteiger partial charge in [0.2, 0.25) is 0 Å². The van der Waals surface area contributed by atoms with Crippen LogP contribution in [-0.4, -0.2) is 29.4 Å². The Bertz CT molecular complexity index is 250. The molecule has 1 aromatic heterocycles. The molecule has 0 aliphatic rings. The molecule has 0 aliphatic carbocycles. The zero-order chi connectivity index (χ0) is 9.52. The lowest BCUT2D eigenvalue weighted by Crippen LogP contribution is -2.24. The highest BCUT2D eigenvalue weighted by Crippen LogP contribution is 1.99. The van der Waals surface area contributed by atoms with Crippen LogP contribution in [0.2, 0.25) is 0 Å². The summed E-state index contributed by atoms with van der Waals surface area (Å²) in [5.41, 5.74) is 2.49. The number of carbonyl (C=O) groups excluding carboxylic acids is 1. The topological polar surface area (TPSA) is 71.5 Å². The van der Waals surface area contributed by atoms with Gasteiger partial charge in [0.1, 0.15) is 6.61 Å². The van der Waals surface area contributed by atoms with E-state index in [0.29, 0.717) is 6.54 Å². The summed E-state index contributed by atoms with van der Waals surface area (Å²) in [5, 5.41) is 12.7. The molecule has 0 unspecified atom stereocenters. The fourth-order valence-electron chi connectivity index (χ4n) is 0.677. The molecule has 1 aromatic rings. The maximum absolute atomic E-state index is 10.8. The maximum Gasteiger partial charge on any atom is 0.407 e. The Hall–Kier alpha value is -1.14. The number of aliphatic hydroxyl groups is 1. The number of nitrogens with one attached hydrogen (secondary N) is 1. The van der Waals surface area contributed by atoms with Crippen molar-refractivity contribution < 1.29 is 14.6 Å². The van der Waals surface area contributed by atoms with Crippen LogP contribution in [0.1, 0.15) is 5.69 Å². The second-order valence-corrected chi connectivity index (χ2v) is 2.91. The Balaban J connectivity index is 2.15. The van der Waals surface area contributed by atoms with Crippen LogP contribution in [0.5, 0.6) is 0 Å². The first-order chi connectivity index (χ1) is 6.33. The number of ether oxygens (including phenoxy) is 1. The molecule has 72 valence electrons. The second kappa shape index (κ2) is 5.50. The molecule has 0 aliphatic heterocycles. The Kier molecular flexibility index (Phi) is 4.20. The van der Waals surface area contributed by atoms with E-state index in [1.807, 2.05) is 5.38 Å². The van der Waals surface area contributed by atoms with E-state index in [0.717, 1.165) is 5.69 Å². The van der Waals surface area contributed by atoms with Crippen LogP contribution in [-0.2, 0) is 11.3 Å². The van der Waals surface area contributed by atoms with Crippen LogP contribution >= 0.6 is 11.3 Å². The molecule has 0 atom stereocenters. The SMILES string of the molecule is O=C(NCc1cscn1)OCCO. The molecule has 5 nitrogen and oxygen atoms in total. The van der Waals surface area contributed by atoms with Gasteiger partial charge in [0.25, 0.3) is 0 Å². The molecule has 0 bridgehead atoms. The van der Waals surface area contributed by atoms with Gasteiger partial charge in [-0.15, -0.1) is 11.3 Å². The summed E-state index contributed by atoms with van der Waals surface area (Å²) in [5.74, 6) is 0. The van der Waals surface area contributed by atoms with Crippen LogP contribution in [0.15, 0.2) is 10.9 Å². The first kappa shape index (κ1) is 9.94. The molecule has 1 rings (SSSR count). The van der Waals surface area contributed by atoms with E-state index in [4.69, 9.17) is 5.11 Å². The van der Waals surface area contributed by atoms with Gasteiger partial charge in [0.05, 0.1) is 24.4 Å². The molecule has 0 fully saturated rings. The number of alkyl carbamates (subject to hydrolysis) is 1. The molecule has 6 heteroatoms. The molecular formula is C7H10N2O3S. The van der Waals surface area contributed by atoms with Crippen LogP contribution in [0, 0.1) is 0 Å². The molecule has 0 saturated carbocycles. The van der Waals surface area contributed by atoms with Crippen molar-refractivity contribution in [3.05, 3.63) is 16.6 Å². The largest absolute Gasteiger partial charge is 0.447 e. The normalized spacial score (nSPS) is 9.62. The van der Waals surface area contributed by atoms with Crippen molar-refractivity contribution in [1.82, 2.24) is 10.3 Å². The van der Waals surface area contributed by atoms with Crippen LogP contribution < -0.4 is 5.32 Å². The molecule has 0 aromatic carbocycles. The molecule has 0 saturated heterocycles. The first-order valence-electron chi connectivity index (χ1n) is 3.71. The van der Waals surface area contributed by atoms with E-state index in [1.165, 1.54) is 11.3 Å². The quantitative estimate of drug-likeness (QED) is 0.739. The van der Waals surface area contributed by atoms with Crippen molar-refractivity contribution in [3.8, 4) is 0 Å². The Morgan fingerprint density at radius 2 is 2.62 bits per heavy atom. The number of aromatic nitrogens is 1. The predicted molar refractivity (Wildman–Crippen MR) is 47.4 cm³/mol. The van der Waals surface area contributed by atoms with Crippen molar-refractivity contribution >= 4 is 17.4 Å². The number of nitrogens with zero attached hydrogens (tertiary/aromatic N) is 1. The fourth-order valence-corrected chi connectivity index (χ4v) is 1.24. The third kappa shape index (κ3) is 3.86. The number of aliphatic hydroxyl groups excluding tert-OH is 1. The zero-order valence-electron chi connectivity index (χ0n) is 6.90. The first-order valence-corrected chi connectivity index (χ1v) is 4.65. The molecule has 1 heterocycles. The van der Waals surface area contributed by atoms with Crippen molar-refractivity contribution in [1.29, 1.82) is 0 Å². The highest BCUT2D eigenvalue weighted by molar-refractivity contribution is 7.07. The van der Waals surface area contributed by atoms with Crippen LogP contribution in [0.25, 0.3) is 0 Å². The second-order valence-electron chi connectivity index (χ2n) is 2.19. The van der Waals surface area contributed by atoms with Gasteiger partial charge in [-0.05, 0) is 0 Å². The van der Waals surface area contributed by atoms with Crippen LogP contribution in [0.4, 0.5) is 4.79 Å². The molecular weight excluding hydrogens is 192 g/mol. The van der Waals surface area contributed by atoms with E-state index < -0.39 is 6.09 Å². The molecule has 0 spiro atoms.